The van der Waals surface area contributed by atoms with E-state index < -0.39 is 5.97 Å². The average molecular weight is 342 g/mol. The number of rotatable bonds is 6. The maximum Gasteiger partial charge on any atom is 0.303 e. The minimum atomic E-state index is -0.726. The zero-order valence-corrected chi connectivity index (χ0v) is 13.8. The molecule has 1 unspecified atom stereocenters. The molecule has 0 radical (unpaired) electrons. The van der Waals surface area contributed by atoms with Crippen LogP contribution in [0.25, 0.3) is 0 Å². The normalized spacial score (nSPS) is 16.4. The van der Waals surface area contributed by atoms with E-state index in [4.69, 9.17) is 21.0 Å². The lowest BCUT2D eigenvalue weighted by Crippen LogP contribution is -2.33. The first-order valence-corrected chi connectivity index (χ1v) is 7.59. The highest BCUT2D eigenvalue weighted by atomic mass is 35.5. The molecule has 6 nitrogen and oxygen atoms in total. The van der Waals surface area contributed by atoms with E-state index >= 15 is 0 Å². The van der Waals surface area contributed by atoms with Crippen molar-refractivity contribution in [1.82, 2.24) is 5.32 Å². The molecule has 1 aromatic rings. The molecule has 128 valence electrons. The van der Waals surface area contributed by atoms with Crippen LogP contribution in [0.15, 0.2) is 18.2 Å². The summed E-state index contributed by atoms with van der Waals surface area (Å²) in [5, 5.41) is 18.7. The molecule has 23 heavy (non-hydrogen) atoms. The number of nitrogens with two attached hydrogens (primary N) is 1. The number of aryl methyl sites for hydroxylation is 1. The van der Waals surface area contributed by atoms with Gasteiger partial charge in [-0.25, -0.2) is 0 Å². The number of ether oxygens (including phenoxy) is 1. The van der Waals surface area contributed by atoms with Crippen LogP contribution < -0.4 is 15.8 Å². The highest BCUT2D eigenvalue weighted by Gasteiger charge is 2.19. The molecule has 5 N–H and O–H groups in total. The van der Waals surface area contributed by atoms with Crippen molar-refractivity contribution in [3.05, 3.63) is 29.3 Å². The fraction of sp³-hybridized carbons (Fsp3) is 0.500. The lowest BCUT2D eigenvalue weighted by Gasteiger charge is -2.14. The van der Waals surface area contributed by atoms with E-state index in [-0.39, 0.29) is 30.7 Å². The Kier molecular flexibility index (Phi) is 7.68. The summed E-state index contributed by atoms with van der Waals surface area (Å²) in [6.45, 7) is 0.908. The van der Waals surface area contributed by atoms with Gasteiger partial charge in [0.05, 0.1) is 6.54 Å². The Morgan fingerprint density at radius 1 is 1.43 bits per heavy atom. The first-order valence-electron chi connectivity index (χ1n) is 7.59. The number of hydrogen-bond acceptors (Lipinski definition) is 3. The molecule has 1 aliphatic carbocycles. The predicted octanol–water partition coefficient (Wildman–Crippen LogP) is 1.94. The Balaban J connectivity index is 0.00000264. The fourth-order valence-electron chi connectivity index (χ4n) is 2.90. The molecule has 0 bridgehead atoms. The molecule has 0 fully saturated rings. The lowest BCUT2D eigenvalue weighted by molar-refractivity contribution is -0.138. The summed E-state index contributed by atoms with van der Waals surface area (Å²) < 4.78 is 5.65. The van der Waals surface area contributed by atoms with Crippen molar-refractivity contribution in [1.29, 1.82) is 5.41 Å². The molecule has 2 rings (SSSR count). The highest BCUT2D eigenvalue weighted by molar-refractivity contribution is 5.85. The van der Waals surface area contributed by atoms with Crippen LogP contribution >= 0.6 is 12.4 Å². The van der Waals surface area contributed by atoms with Gasteiger partial charge in [0, 0.05) is 6.42 Å². The van der Waals surface area contributed by atoms with Gasteiger partial charge < -0.3 is 20.9 Å². The van der Waals surface area contributed by atoms with Crippen molar-refractivity contribution in [2.24, 2.45) is 11.7 Å². The van der Waals surface area contributed by atoms with E-state index in [1.807, 2.05) is 12.1 Å². The van der Waals surface area contributed by atoms with Gasteiger partial charge in [0.2, 0.25) is 0 Å². The monoisotopic (exact) mass is 341 g/mol. The zero-order chi connectivity index (χ0) is 15.9. The maximum atomic E-state index is 10.9. The van der Waals surface area contributed by atoms with E-state index in [0.717, 1.165) is 31.4 Å². The Hall–Kier alpha value is -1.95. The summed E-state index contributed by atoms with van der Waals surface area (Å²) in [6.07, 6.45) is 4.02. The number of halogens is 1. The van der Waals surface area contributed by atoms with Gasteiger partial charge in [-0.05, 0) is 54.9 Å². The summed E-state index contributed by atoms with van der Waals surface area (Å²) in [5.74, 6) is 0.187. The largest absolute Gasteiger partial charge is 0.492 e. The molecule has 0 aliphatic heterocycles. The minimum absolute atomic E-state index is 0. The molecular weight excluding hydrogens is 318 g/mol. The molecule has 0 saturated heterocycles. The molecule has 0 heterocycles. The highest BCUT2D eigenvalue weighted by Crippen LogP contribution is 2.29. The molecule has 0 saturated carbocycles. The third kappa shape index (κ3) is 6.36. The third-order valence-electron chi connectivity index (χ3n) is 3.89. The molecule has 7 heteroatoms. The second kappa shape index (κ2) is 9.25. The Morgan fingerprint density at radius 2 is 2.22 bits per heavy atom. The molecule has 0 aromatic heterocycles. The molecular formula is C16H24ClN3O3. The number of carbonyl (C=O) groups is 1. The van der Waals surface area contributed by atoms with Crippen molar-refractivity contribution in [3.8, 4) is 5.75 Å². The maximum absolute atomic E-state index is 10.9. The van der Waals surface area contributed by atoms with E-state index in [2.05, 4.69) is 11.4 Å². The van der Waals surface area contributed by atoms with Crippen molar-refractivity contribution in [2.45, 2.75) is 32.1 Å². The summed E-state index contributed by atoms with van der Waals surface area (Å²) in [5.41, 5.74) is 7.69. The van der Waals surface area contributed by atoms with E-state index in [0.29, 0.717) is 13.2 Å². The smallest absolute Gasteiger partial charge is 0.303 e. The number of guanidine groups is 1. The van der Waals surface area contributed by atoms with E-state index in [1.54, 1.807) is 0 Å². The first kappa shape index (κ1) is 19.1. The molecule has 0 amide bonds. The number of benzene rings is 1. The van der Waals surface area contributed by atoms with Gasteiger partial charge in [0.25, 0.3) is 0 Å². The number of fused-ring (bicyclic) bond motifs is 1. The van der Waals surface area contributed by atoms with Gasteiger partial charge in [-0.2, -0.15) is 0 Å². The molecule has 1 aliphatic rings. The summed E-state index contributed by atoms with van der Waals surface area (Å²) >= 11 is 0. The van der Waals surface area contributed by atoms with Crippen LogP contribution in [0, 0.1) is 11.3 Å². The Labute approximate surface area is 142 Å². The second-order valence-electron chi connectivity index (χ2n) is 5.68. The first-order chi connectivity index (χ1) is 10.5. The van der Waals surface area contributed by atoms with Crippen LogP contribution in [0.4, 0.5) is 0 Å². The van der Waals surface area contributed by atoms with Crippen molar-refractivity contribution in [3.63, 3.8) is 0 Å². The number of carboxylic acids is 1. The summed E-state index contributed by atoms with van der Waals surface area (Å²) in [4.78, 5) is 10.9. The van der Waals surface area contributed by atoms with Crippen molar-refractivity contribution < 1.29 is 14.6 Å². The van der Waals surface area contributed by atoms with Crippen LogP contribution in [0.1, 0.15) is 30.4 Å². The topological polar surface area (TPSA) is 108 Å². The van der Waals surface area contributed by atoms with Crippen LogP contribution in [0.5, 0.6) is 5.75 Å². The van der Waals surface area contributed by atoms with Gasteiger partial charge in [-0.15, -0.1) is 12.4 Å². The van der Waals surface area contributed by atoms with Crippen LogP contribution in [0.3, 0.4) is 0 Å². The van der Waals surface area contributed by atoms with Gasteiger partial charge in [-0.1, -0.05) is 6.07 Å². The number of carboxylic acid groups (broad SMARTS) is 1. The Morgan fingerprint density at radius 3 is 2.91 bits per heavy atom. The van der Waals surface area contributed by atoms with E-state index in [9.17, 15) is 4.79 Å². The summed E-state index contributed by atoms with van der Waals surface area (Å²) in [6, 6.07) is 6.04. The van der Waals surface area contributed by atoms with Crippen molar-refractivity contribution >= 4 is 24.3 Å². The standard InChI is InChI=1S/C16H23N3O3.ClH/c17-16(18)19-6-7-22-14-5-4-12-3-1-2-11(9-15(20)21)8-13(12)10-14;/h4-5,10-11H,1-3,6-9H2,(H,20,21)(H4,17,18,19);1H. The van der Waals surface area contributed by atoms with Gasteiger partial charge in [-0.3, -0.25) is 10.2 Å². The average Bonchev–Trinajstić information content (AvgIpc) is 2.63. The SMILES string of the molecule is Cl.N=C(N)NCCOc1ccc2c(c1)CC(CC(=O)O)CCC2. The van der Waals surface area contributed by atoms with Crippen LogP contribution in [-0.4, -0.2) is 30.2 Å². The van der Waals surface area contributed by atoms with Crippen LogP contribution in [-0.2, 0) is 17.6 Å². The third-order valence-corrected chi connectivity index (χ3v) is 3.89. The fourth-order valence-corrected chi connectivity index (χ4v) is 2.90. The summed E-state index contributed by atoms with van der Waals surface area (Å²) in [7, 11) is 0. The molecule has 1 aromatic carbocycles. The zero-order valence-electron chi connectivity index (χ0n) is 13.0. The van der Waals surface area contributed by atoms with Gasteiger partial charge in [0.15, 0.2) is 5.96 Å². The number of aliphatic carboxylic acids is 1. The number of nitrogens with one attached hydrogen (secondary N) is 2. The van der Waals surface area contributed by atoms with Gasteiger partial charge in [0.1, 0.15) is 12.4 Å². The molecule has 0 spiro atoms. The number of hydrogen-bond donors (Lipinski definition) is 4. The van der Waals surface area contributed by atoms with Crippen LogP contribution in [0.2, 0.25) is 0 Å². The lowest BCUT2D eigenvalue weighted by atomic mass is 9.94. The van der Waals surface area contributed by atoms with E-state index in [1.165, 1.54) is 11.1 Å². The molecule has 1 atom stereocenters. The van der Waals surface area contributed by atoms with Gasteiger partial charge >= 0.3 is 5.97 Å². The minimum Gasteiger partial charge on any atom is -0.492 e. The van der Waals surface area contributed by atoms with Crippen molar-refractivity contribution in [2.75, 3.05) is 13.2 Å². The second-order valence-corrected chi connectivity index (χ2v) is 5.68. The predicted molar refractivity (Wildman–Crippen MR) is 91.5 cm³/mol. The Bertz CT molecular complexity index is 551. The quantitative estimate of drug-likeness (QED) is 0.274.